The van der Waals surface area contributed by atoms with Gasteiger partial charge in [-0.25, -0.2) is 4.39 Å². The Morgan fingerprint density at radius 2 is 1.76 bits per heavy atom. The summed E-state index contributed by atoms with van der Waals surface area (Å²) in [5.41, 5.74) is 1.18. The first-order chi connectivity index (χ1) is 8.19. The summed E-state index contributed by atoms with van der Waals surface area (Å²) >= 11 is 1.57. The van der Waals surface area contributed by atoms with E-state index in [1.807, 2.05) is 19.1 Å². The van der Waals surface area contributed by atoms with Gasteiger partial charge in [0.2, 0.25) is 0 Å². The van der Waals surface area contributed by atoms with Crippen LogP contribution < -0.4 is 4.74 Å². The van der Waals surface area contributed by atoms with E-state index in [0.29, 0.717) is 0 Å². The molecule has 0 aliphatic heterocycles. The first kappa shape index (κ1) is 12.0. The summed E-state index contributed by atoms with van der Waals surface area (Å²) in [4.78, 5) is 2.04. The number of benzene rings is 2. The SMILES string of the molecule is COc1ccc(C)cc1Sc1ccc(F)cc1. The molecule has 0 bridgehead atoms. The van der Waals surface area contributed by atoms with Crippen LogP contribution in [0.4, 0.5) is 4.39 Å². The second-order valence-corrected chi connectivity index (χ2v) is 4.83. The Hall–Kier alpha value is -1.48. The van der Waals surface area contributed by atoms with Gasteiger partial charge in [0.25, 0.3) is 0 Å². The number of hydrogen-bond donors (Lipinski definition) is 0. The third-order valence-electron chi connectivity index (χ3n) is 2.36. The predicted molar refractivity (Wildman–Crippen MR) is 68.3 cm³/mol. The molecule has 0 aliphatic rings. The van der Waals surface area contributed by atoms with Gasteiger partial charge in [-0.2, -0.15) is 0 Å². The van der Waals surface area contributed by atoms with Crippen molar-refractivity contribution in [2.24, 2.45) is 0 Å². The number of methoxy groups -OCH3 is 1. The highest BCUT2D eigenvalue weighted by Gasteiger charge is 2.05. The topological polar surface area (TPSA) is 9.23 Å². The van der Waals surface area contributed by atoms with E-state index in [1.54, 1.807) is 31.0 Å². The lowest BCUT2D eigenvalue weighted by Crippen LogP contribution is -1.87. The lowest BCUT2D eigenvalue weighted by Gasteiger charge is -2.08. The summed E-state index contributed by atoms with van der Waals surface area (Å²) < 4.78 is 18.1. The minimum atomic E-state index is -0.217. The summed E-state index contributed by atoms with van der Waals surface area (Å²) in [5, 5.41) is 0. The molecule has 17 heavy (non-hydrogen) atoms. The Morgan fingerprint density at radius 3 is 2.41 bits per heavy atom. The molecular weight excluding hydrogens is 235 g/mol. The van der Waals surface area contributed by atoms with Gasteiger partial charge in [0, 0.05) is 4.90 Å². The highest BCUT2D eigenvalue weighted by molar-refractivity contribution is 7.99. The van der Waals surface area contributed by atoms with Crippen molar-refractivity contribution in [2.45, 2.75) is 16.7 Å². The van der Waals surface area contributed by atoms with Crippen LogP contribution in [0.25, 0.3) is 0 Å². The van der Waals surface area contributed by atoms with E-state index < -0.39 is 0 Å². The maximum Gasteiger partial charge on any atom is 0.132 e. The zero-order chi connectivity index (χ0) is 12.3. The Morgan fingerprint density at radius 1 is 1.06 bits per heavy atom. The minimum absolute atomic E-state index is 0.217. The summed E-state index contributed by atoms with van der Waals surface area (Å²) in [7, 11) is 1.65. The highest BCUT2D eigenvalue weighted by Crippen LogP contribution is 2.35. The Labute approximate surface area is 105 Å². The molecule has 0 atom stereocenters. The van der Waals surface area contributed by atoms with Crippen molar-refractivity contribution >= 4 is 11.8 Å². The predicted octanol–water partition coefficient (Wildman–Crippen LogP) is 4.29. The first-order valence-electron chi connectivity index (χ1n) is 5.27. The maximum absolute atomic E-state index is 12.8. The van der Waals surface area contributed by atoms with Crippen molar-refractivity contribution in [1.29, 1.82) is 0 Å². The number of rotatable bonds is 3. The first-order valence-corrected chi connectivity index (χ1v) is 6.09. The van der Waals surface area contributed by atoms with Crippen LogP contribution in [0.1, 0.15) is 5.56 Å². The van der Waals surface area contributed by atoms with Crippen molar-refractivity contribution in [3.05, 3.63) is 53.8 Å². The molecule has 0 fully saturated rings. The summed E-state index contributed by atoms with van der Waals surface area (Å²) in [6, 6.07) is 12.5. The van der Waals surface area contributed by atoms with Crippen molar-refractivity contribution in [2.75, 3.05) is 7.11 Å². The van der Waals surface area contributed by atoms with Gasteiger partial charge in [0.05, 0.1) is 12.0 Å². The van der Waals surface area contributed by atoms with Gasteiger partial charge in [-0.3, -0.25) is 0 Å². The fourth-order valence-corrected chi connectivity index (χ4v) is 2.52. The van der Waals surface area contributed by atoms with Gasteiger partial charge in [-0.15, -0.1) is 0 Å². The van der Waals surface area contributed by atoms with Crippen LogP contribution in [0.3, 0.4) is 0 Å². The zero-order valence-corrected chi connectivity index (χ0v) is 10.6. The van der Waals surface area contributed by atoms with Crippen LogP contribution in [0.5, 0.6) is 5.75 Å². The number of ether oxygens (including phenoxy) is 1. The molecule has 0 radical (unpaired) electrons. The van der Waals surface area contributed by atoms with Gasteiger partial charge in [0.15, 0.2) is 0 Å². The minimum Gasteiger partial charge on any atom is -0.496 e. The molecule has 0 saturated carbocycles. The lowest BCUT2D eigenvalue weighted by atomic mass is 10.2. The Balaban J connectivity index is 2.28. The number of halogens is 1. The largest absolute Gasteiger partial charge is 0.496 e. The molecule has 0 heterocycles. The van der Waals surface area contributed by atoms with Crippen molar-refractivity contribution in [1.82, 2.24) is 0 Å². The molecule has 88 valence electrons. The quantitative estimate of drug-likeness (QED) is 0.801. The Kier molecular flexibility index (Phi) is 3.69. The van der Waals surface area contributed by atoms with Gasteiger partial charge >= 0.3 is 0 Å². The van der Waals surface area contributed by atoms with E-state index >= 15 is 0 Å². The van der Waals surface area contributed by atoms with Gasteiger partial charge in [-0.05, 0) is 48.9 Å². The van der Waals surface area contributed by atoms with Crippen molar-refractivity contribution in [3.63, 3.8) is 0 Å². The van der Waals surface area contributed by atoms with E-state index in [4.69, 9.17) is 4.74 Å². The molecule has 1 nitrogen and oxygen atoms in total. The second-order valence-electron chi connectivity index (χ2n) is 3.71. The van der Waals surface area contributed by atoms with Gasteiger partial charge < -0.3 is 4.74 Å². The van der Waals surface area contributed by atoms with Crippen LogP contribution in [-0.2, 0) is 0 Å². The summed E-state index contributed by atoms with van der Waals surface area (Å²) in [5.74, 6) is 0.621. The molecule has 2 rings (SSSR count). The third-order valence-corrected chi connectivity index (χ3v) is 3.41. The van der Waals surface area contributed by atoms with Crippen molar-refractivity contribution in [3.8, 4) is 5.75 Å². The monoisotopic (exact) mass is 248 g/mol. The van der Waals surface area contributed by atoms with E-state index in [9.17, 15) is 4.39 Å². The van der Waals surface area contributed by atoms with Gasteiger partial charge in [-0.1, -0.05) is 17.8 Å². The van der Waals surface area contributed by atoms with Crippen molar-refractivity contribution < 1.29 is 9.13 Å². The number of aryl methyl sites for hydroxylation is 1. The Bertz CT molecular complexity index is 508. The second kappa shape index (κ2) is 5.23. The number of hydrogen-bond acceptors (Lipinski definition) is 2. The molecule has 0 aromatic heterocycles. The fraction of sp³-hybridized carbons (Fsp3) is 0.143. The lowest BCUT2D eigenvalue weighted by molar-refractivity contribution is 0.404. The van der Waals surface area contributed by atoms with Crippen LogP contribution in [0, 0.1) is 12.7 Å². The van der Waals surface area contributed by atoms with Crippen LogP contribution >= 0.6 is 11.8 Å². The molecule has 0 N–H and O–H groups in total. The smallest absolute Gasteiger partial charge is 0.132 e. The van der Waals surface area contributed by atoms with Gasteiger partial charge in [0.1, 0.15) is 11.6 Å². The van der Waals surface area contributed by atoms with Crippen LogP contribution in [-0.4, -0.2) is 7.11 Å². The molecule has 0 aliphatic carbocycles. The van der Waals surface area contributed by atoms with Crippen LogP contribution in [0.2, 0.25) is 0 Å². The molecule has 2 aromatic rings. The maximum atomic E-state index is 12.8. The third kappa shape index (κ3) is 3.01. The fourth-order valence-electron chi connectivity index (χ4n) is 1.49. The molecule has 0 unspecified atom stereocenters. The van der Waals surface area contributed by atoms with E-state index in [1.165, 1.54) is 17.7 Å². The van der Waals surface area contributed by atoms with E-state index in [2.05, 4.69) is 6.07 Å². The molecule has 3 heteroatoms. The molecular formula is C14H13FOS. The highest BCUT2D eigenvalue weighted by atomic mass is 32.2. The average Bonchev–Trinajstić information content (AvgIpc) is 2.32. The van der Waals surface area contributed by atoms with E-state index in [0.717, 1.165) is 15.5 Å². The zero-order valence-electron chi connectivity index (χ0n) is 9.74. The normalized spacial score (nSPS) is 10.3. The molecule has 0 spiro atoms. The average molecular weight is 248 g/mol. The van der Waals surface area contributed by atoms with E-state index in [-0.39, 0.29) is 5.82 Å². The standard InChI is InChI=1S/C14H13FOS/c1-10-3-8-13(16-2)14(9-10)17-12-6-4-11(15)5-7-12/h3-9H,1-2H3. The molecule has 2 aromatic carbocycles. The summed E-state index contributed by atoms with van der Waals surface area (Å²) in [6.07, 6.45) is 0. The summed E-state index contributed by atoms with van der Waals surface area (Å²) in [6.45, 7) is 2.04. The van der Waals surface area contributed by atoms with Crippen LogP contribution in [0.15, 0.2) is 52.3 Å². The molecule has 0 saturated heterocycles. The molecule has 0 amide bonds.